The average Bonchev–Trinajstić information content (AvgIpc) is 2.65. The normalized spacial score (nSPS) is 11.7. The van der Waals surface area contributed by atoms with Gasteiger partial charge in [-0.1, -0.05) is 22.0 Å². The second kappa shape index (κ2) is 9.07. The van der Waals surface area contributed by atoms with Crippen molar-refractivity contribution >= 4 is 21.7 Å². The van der Waals surface area contributed by atoms with Crippen LogP contribution in [0, 0.1) is 11.6 Å². The Hall–Kier alpha value is -1.90. The van der Waals surface area contributed by atoms with Crippen LogP contribution in [0.25, 0.3) is 0 Å². The topological polar surface area (TPSA) is 68.5 Å². The van der Waals surface area contributed by atoms with E-state index in [2.05, 4.69) is 15.9 Å². The van der Waals surface area contributed by atoms with Crippen LogP contribution in [-0.2, 0) is 17.7 Å². The van der Waals surface area contributed by atoms with E-state index in [4.69, 9.17) is 4.74 Å². The molecular formula is C20H22BrF2NO4. The van der Waals surface area contributed by atoms with Crippen molar-refractivity contribution in [1.82, 2.24) is 4.57 Å². The van der Waals surface area contributed by atoms with E-state index in [-0.39, 0.29) is 36.3 Å². The van der Waals surface area contributed by atoms with Crippen LogP contribution in [0.3, 0.4) is 0 Å². The third-order valence-corrected chi connectivity index (χ3v) is 4.82. The van der Waals surface area contributed by atoms with Crippen molar-refractivity contribution in [2.45, 2.75) is 39.3 Å². The molecule has 1 aromatic carbocycles. The van der Waals surface area contributed by atoms with Gasteiger partial charge in [0, 0.05) is 34.8 Å². The first-order valence-corrected chi connectivity index (χ1v) is 9.52. The number of aliphatic hydroxyl groups excluding tert-OH is 1. The number of aryl methyl sites for hydroxylation is 1. The summed E-state index contributed by atoms with van der Waals surface area (Å²) in [5.41, 5.74) is -1.89. The van der Waals surface area contributed by atoms with E-state index in [9.17, 15) is 23.5 Å². The van der Waals surface area contributed by atoms with Crippen molar-refractivity contribution in [3.8, 4) is 0 Å². The van der Waals surface area contributed by atoms with E-state index in [0.29, 0.717) is 4.47 Å². The molecule has 0 saturated heterocycles. The number of nitrogens with zero attached hydrogens (tertiary/aromatic N) is 1. The highest BCUT2D eigenvalue weighted by molar-refractivity contribution is 9.10. The third-order valence-electron chi connectivity index (χ3n) is 4.32. The largest absolute Gasteiger partial charge is 0.393 e. The van der Waals surface area contributed by atoms with Crippen LogP contribution < -0.4 is 5.56 Å². The predicted molar refractivity (Wildman–Crippen MR) is 105 cm³/mol. The quantitative estimate of drug-likeness (QED) is 0.616. The molecule has 0 aliphatic carbocycles. The highest BCUT2D eigenvalue weighted by atomic mass is 79.9. The SMILES string of the molecule is CCn1cc(C(=O)COC(C)(C)CO)c(Cc2ccc(Br)cc2F)c(F)c1=O. The number of hydrogen-bond acceptors (Lipinski definition) is 4. The van der Waals surface area contributed by atoms with E-state index in [1.54, 1.807) is 26.8 Å². The summed E-state index contributed by atoms with van der Waals surface area (Å²) >= 11 is 3.15. The number of aliphatic hydroxyl groups is 1. The van der Waals surface area contributed by atoms with E-state index in [1.807, 2.05) is 0 Å². The molecule has 0 radical (unpaired) electrons. The van der Waals surface area contributed by atoms with Crippen molar-refractivity contribution in [2.75, 3.05) is 13.2 Å². The fraction of sp³-hybridized carbons (Fsp3) is 0.400. The first-order chi connectivity index (χ1) is 13.1. The molecule has 2 rings (SSSR count). The molecule has 0 saturated carbocycles. The Labute approximate surface area is 170 Å². The molecule has 1 aromatic heterocycles. The Morgan fingerprint density at radius 2 is 2.00 bits per heavy atom. The van der Waals surface area contributed by atoms with Crippen molar-refractivity contribution < 1.29 is 23.4 Å². The lowest BCUT2D eigenvalue weighted by molar-refractivity contribution is -0.0447. The van der Waals surface area contributed by atoms with E-state index in [0.717, 1.165) is 4.57 Å². The number of carbonyl (C=O) groups excluding carboxylic acids is 1. The highest BCUT2D eigenvalue weighted by Crippen LogP contribution is 2.22. The Balaban J connectivity index is 2.49. The van der Waals surface area contributed by atoms with Crippen molar-refractivity contribution in [3.63, 3.8) is 0 Å². The summed E-state index contributed by atoms with van der Waals surface area (Å²) in [5.74, 6) is -2.23. The molecule has 0 fully saturated rings. The monoisotopic (exact) mass is 457 g/mol. The van der Waals surface area contributed by atoms with Gasteiger partial charge in [0.2, 0.25) is 0 Å². The lowest BCUT2D eigenvalue weighted by Crippen LogP contribution is -2.33. The Kier molecular flexibility index (Phi) is 7.25. The molecule has 28 heavy (non-hydrogen) atoms. The number of halogens is 3. The first kappa shape index (κ1) is 22.4. The number of ether oxygens (including phenoxy) is 1. The van der Waals surface area contributed by atoms with Crippen LogP contribution in [0.2, 0.25) is 0 Å². The first-order valence-electron chi connectivity index (χ1n) is 8.73. The summed E-state index contributed by atoms with van der Waals surface area (Å²) in [4.78, 5) is 24.9. The zero-order chi connectivity index (χ0) is 21.1. The number of aromatic nitrogens is 1. The fourth-order valence-electron chi connectivity index (χ4n) is 2.55. The Morgan fingerprint density at radius 3 is 2.57 bits per heavy atom. The molecule has 0 unspecified atom stereocenters. The van der Waals surface area contributed by atoms with Gasteiger partial charge in [0.25, 0.3) is 5.56 Å². The Bertz CT molecular complexity index is 941. The maximum atomic E-state index is 14.8. The number of carbonyl (C=O) groups is 1. The number of benzene rings is 1. The van der Waals surface area contributed by atoms with Gasteiger partial charge in [0.1, 0.15) is 12.4 Å². The fourth-order valence-corrected chi connectivity index (χ4v) is 2.89. The summed E-state index contributed by atoms with van der Waals surface area (Å²) in [6.45, 7) is 4.31. The summed E-state index contributed by atoms with van der Waals surface area (Å²) in [6.07, 6.45) is 1.02. The van der Waals surface area contributed by atoms with Crippen LogP contribution in [0.4, 0.5) is 8.78 Å². The lowest BCUT2D eigenvalue weighted by atomic mass is 9.98. The standard InChI is InChI=1S/C20H22BrF2NO4/c1-4-24-9-15(17(26)10-28-20(2,3)11-25)14(18(23)19(24)27)7-12-5-6-13(21)8-16(12)22/h5-6,8-9,25H,4,7,10-11H2,1-3H3. The molecule has 0 amide bonds. The van der Waals surface area contributed by atoms with Gasteiger partial charge in [-0.3, -0.25) is 9.59 Å². The summed E-state index contributed by atoms with van der Waals surface area (Å²) in [6, 6.07) is 4.29. The molecule has 0 spiro atoms. The van der Waals surface area contributed by atoms with Gasteiger partial charge in [0.05, 0.1) is 12.2 Å². The molecule has 0 bridgehead atoms. The molecule has 1 heterocycles. The van der Waals surface area contributed by atoms with Crippen LogP contribution in [0.15, 0.2) is 33.7 Å². The van der Waals surface area contributed by atoms with Gasteiger partial charge < -0.3 is 14.4 Å². The summed E-state index contributed by atoms with van der Waals surface area (Å²) in [5, 5.41) is 9.26. The Morgan fingerprint density at radius 1 is 1.32 bits per heavy atom. The highest BCUT2D eigenvalue weighted by Gasteiger charge is 2.24. The van der Waals surface area contributed by atoms with Gasteiger partial charge >= 0.3 is 0 Å². The molecule has 0 atom stereocenters. The number of rotatable bonds is 8. The molecule has 0 aliphatic heterocycles. The van der Waals surface area contributed by atoms with E-state index < -0.39 is 35.2 Å². The predicted octanol–water partition coefficient (Wildman–Crippen LogP) is 3.47. The molecule has 152 valence electrons. The average molecular weight is 458 g/mol. The maximum absolute atomic E-state index is 14.8. The summed E-state index contributed by atoms with van der Waals surface area (Å²) in [7, 11) is 0. The molecule has 8 heteroatoms. The number of Topliss-reactive ketones (excluding diaryl/α,β-unsaturated/α-hetero) is 1. The number of hydrogen-bond donors (Lipinski definition) is 1. The second-order valence-corrected chi connectivity index (χ2v) is 7.88. The smallest absolute Gasteiger partial charge is 0.286 e. The van der Waals surface area contributed by atoms with Gasteiger partial charge in [-0.25, -0.2) is 8.78 Å². The maximum Gasteiger partial charge on any atom is 0.286 e. The molecular weight excluding hydrogens is 436 g/mol. The minimum atomic E-state index is -1.09. The zero-order valence-corrected chi connectivity index (χ0v) is 17.5. The second-order valence-electron chi connectivity index (χ2n) is 6.97. The van der Waals surface area contributed by atoms with Crippen molar-refractivity contribution in [1.29, 1.82) is 0 Å². The van der Waals surface area contributed by atoms with Crippen LogP contribution in [0.5, 0.6) is 0 Å². The third kappa shape index (κ3) is 5.12. The van der Waals surface area contributed by atoms with Gasteiger partial charge in [-0.15, -0.1) is 0 Å². The van der Waals surface area contributed by atoms with Crippen LogP contribution in [0.1, 0.15) is 42.3 Å². The van der Waals surface area contributed by atoms with Crippen molar-refractivity contribution in [2.24, 2.45) is 0 Å². The van der Waals surface area contributed by atoms with Crippen LogP contribution in [-0.4, -0.2) is 34.3 Å². The van der Waals surface area contributed by atoms with Crippen molar-refractivity contribution in [3.05, 3.63) is 67.5 Å². The van der Waals surface area contributed by atoms with Crippen LogP contribution >= 0.6 is 15.9 Å². The minimum Gasteiger partial charge on any atom is -0.393 e. The van der Waals surface area contributed by atoms with Gasteiger partial charge in [0.15, 0.2) is 11.6 Å². The van der Waals surface area contributed by atoms with E-state index >= 15 is 0 Å². The molecule has 0 aliphatic rings. The lowest BCUT2D eigenvalue weighted by Gasteiger charge is -2.22. The molecule has 1 N–H and O–H groups in total. The van der Waals surface area contributed by atoms with E-state index in [1.165, 1.54) is 18.3 Å². The van der Waals surface area contributed by atoms with Gasteiger partial charge in [-0.2, -0.15) is 0 Å². The van der Waals surface area contributed by atoms with Gasteiger partial charge in [-0.05, 0) is 38.5 Å². The number of ketones is 1. The summed E-state index contributed by atoms with van der Waals surface area (Å²) < 4.78 is 36.0. The zero-order valence-electron chi connectivity index (χ0n) is 15.9. The minimum absolute atomic E-state index is 0.0463. The molecule has 2 aromatic rings. The number of pyridine rings is 1. The molecule has 5 nitrogen and oxygen atoms in total.